The van der Waals surface area contributed by atoms with Crippen LogP contribution in [0.15, 0.2) is 50.8 Å². The Morgan fingerprint density at radius 2 is 1.93 bits per heavy atom. The maximum atomic E-state index is 12.3. The van der Waals surface area contributed by atoms with E-state index in [-0.39, 0.29) is 17.0 Å². The van der Waals surface area contributed by atoms with E-state index >= 15 is 0 Å². The molecule has 0 unspecified atom stereocenters. The Morgan fingerprint density at radius 3 is 2.64 bits per heavy atom. The minimum atomic E-state index is -3.64. The van der Waals surface area contributed by atoms with Crippen LogP contribution in [-0.4, -0.2) is 40.8 Å². The van der Waals surface area contributed by atoms with Crippen molar-refractivity contribution in [1.82, 2.24) is 18.3 Å². The molecule has 0 fully saturated rings. The summed E-state index contributed by atoms with van der Waals surface area (Å²) in [5, 5.41) is 0.851. The second-order valence-electron chi connectivity index (χ2n) is 6.34. The number of aromatic nitrogens is 3. The lowest BCUT2D eigenvalue weighted by molar-refractivity contribution is 0.512. The van der Waals surface area contributed by atoms with Crippen molar-refractivity contribution in [1.29, 1.82) is 0 Å². The molecule has 8 nitrogen and oxygen atoms in total. The molecule has 11 heteroatoms. The number of hydrogen-bond acceptors (Lipinski definition) is 5. The summed E-state index contributed by atoms with van der Waals surface area (Å²) in [6.45, 7) is 0.126. The Kier molecular flexibility index (Phi) is 4.50. The molecule has 28 heavy (non-hydrogen) atoms. The van der Waals surface area contributed by atoms with Crippen LogP contribution in [-0.2, 0) is 16.6 Å². The first-order valence-electron chi connectivity index (χ1n) is 8.05. The van der Waals surface area contributed by atoms with Crippen LogP contribution < -0.4 is 5.76 Å². The number of rotatable bonds is 4. The fourth-order valence-electron chi connectivity index (χ4n) is 2.88. The van der Waals surface area contributed by atoms with Gasteiger partial charge in [-0.3, -0.25) is 4.57 Å². The van der Waals surface area contributed by atoms with Crippen molar-refractivity contribution in [3.63, 3.8) is 0 Å². The highest BCUT2D eigenvalue weighted by atomic mass is 35.5. The van der Waals surface area contributed by atoms with Gasteiger partial charge in [-0.1, -0.05) is 23.2 Å². The molecule has 0 aliphatic rings. The van der Waals surface area contributed by atoms with E-state index < -0.39 is 15.8 Å². The summed E-state index contributed by atoms with van der Waals surface area (Å²) in [5.74, 6) is -0.615. The normalized spacial score (nSPS) is 12.5. The van der Waals surface area contributed by atoms with Gasteiger partial charge in [0.2, 0.25) is 10.0 Å². The minimum absolute atomic E-state index is 0.0417. The predicted molar refractivity (Wildman–Crippen MR) is 106 cm³/mol. The largest absolute Gasteiger partial charge is 0.420 e. The van der Waals surface area contributed by atoms with E-state index in [1.54, 1.807) is 22.9 Å². The van der Waals surface area contributed by atoms with E-state index in [2.05, 4.69) is 4.98 Å². The summed E-state index contributed by atoms with van der Waals surface area (Å²) < 4.78 is 33.9. The topological polar surface area (TPSA) is 89.8 Å². The summed E-state index contributed by atoms with van der Waals surface area (Å²) >= 11 is 12.2. The first-order chi connectivity index (χ1) is 13.2. The van der Waals surface area contributed by atoms with Gasteiger partial charge < -0.3 is 8.82 Å². The summed E-state index contributed by atoms with van der Waals surface area (Å²) in [6.07, 6.45) is 3.37. The summed E-state index contributed by atoms with van der Waals surface area (Å²) in [5.41, 5.74) is 1.72. The molecule has 146 valence electrons. The third kappa shape index (κ3) is 3.10. The number of imidazole rings is 1. The Hall–Kier alpha value is -2.33. The van der Waals surface area contributed by atoms with Crippen molar-refractivity contribution >= 4 is 50.0 Å². The monoisotopic (exact) mass is 440 g/mol. The molecule has 3 heterocycles. The zero-order valence-corrected chi connectivity index (χ0v) is 17.1. The quantitative estimate of drug-likeness (QED) is 0.486. The van der Waals surface area contributed by atoms with Crippen LogP contribution >= 0.6 is 23.2 Å². The van der Waals surface area contributed by atoms with Gasteiger partial charge in [0.05, 0.1) is 32.7 Å². The zero-order chi connectivity index (χ0) is 20.2. The molecule has 4 aromatic rings. The number of fused-ring (bicyclic) bond motifs is 2. The van der Waals surface area contributed by atoms with Crippen molar-refractivity contribution < 1.29 is 12.8 Å². The van der Waals surface area contributed by atoms with E-state index in [1.165, 1.54) is 36.9 Å². The highest BCUT2D eigenvalue weighted by molar-refractivity contribution is 7.89. The molecule has 0 saturated carbocycles. The molecule has 0 bridgehead atoms. The van der Waals surface area contributed by atoms with Crippen molar-refractivity contribution in [2.45, 2.75) is 11.4 Å². The van der Waals surface area contributed by atoms with Gasteiger partial charge in [0.25, 0.3) is 0 Å². The molecular weight excluding hydrogens is 427 g/mol. The van der Waals surface area contributed by atoms with Gasteiger partial charge in [-0.05, 0) is 18.2 Å². The maximum absolute atomic E-state index is 12.3. The molecule has 1 aromatic carbocycles. The fraction of sp³-hybridized carbons (Fsp3) is 0.176. The molecule has 0 aliphatic carbocycles. The Morgan fingerprint density at radius 1 is 1.18 bits per heavy atom. The van der Waals surface area contributed by atoms with E-state index in [0.29, 0.717) is 26.9 Å². The van der Waals surface area contributed by atoms with E-state index in [0.717, 1.165) is 4.31 Å². The minimum Gasteiger partial charge on any atom is -0.408 e. The number of hydrogen-bond donors (Lipinski definition) is 0. The molecule has 0 saturated heterocycles. The van der Waals surface area contributed by atoms with Crippen molar-refractivity contribution in [3.05, 3.63) is 62.9 Å². The molecular formula is C17H14Cl2N4O4S. The SMILES string of the molecule is CN(C)S(=O)(=O)c1ccc2c(c1)oc(=O)n2Cc1cn2cc(Cl)cc(Cl)c2n1. The lowest BCUT2D eigenvalue weighted by Gasteiger charge is -2.10. The van der Waals surface area contributed by atoms with Crippen LogP contribution in [0.1, 0.15) is 5.69 Å². The average Bonchev–Trinajstić information content (AvgIpc) is 3.15. The van der Waals surface area contributed by atoms with E-state index in [4.69, 9.17) is 27.6 Å². The molecule has 0 N–H and O–H groups in total. The Bertz CT molecular complexity index is 1390. The van der Waals surface area contributed by atoms with Gasteiger partial charge in [0.15, 0.2) is 11.2 Å². The summed E-state index contributed by atoms with van der Waals surface area (Å²) in [7, 11) is -0.773. The summed E-state index contributed by atoms with van der Waals surface area (Å²) in [4.78, 5) is 16.8. The van der Waals surface area contributed by atoms with Crippen LogP contribution in [0.5, 0.6) is 0 Å². The van der Waals surface area contributed by atoms with Crippen LogP contribution in [0.3, 0.4) is 0 Å². The maximum Gasteiger partial charge on any atom is 0.420 e. The van der Waals surface area contributed by atoms with Crippen LogP contribution in [0.2, 0.25) is 10.0 Å². The Labute approximate surface area is 169 Å². The standard InChI is InChI=1S/C17H14Cl2N4O4S/c1-21(2)28(25,26)12-3-4-14-15(6-12)27-17(24)23(14)9-11-8-22-7-10(18)5-13(19)16(22)20-11/h3-8H,9H2,1-2H3. The van der Waals surface area contributed by atoms with Gasteiger partial charge in [0.1, 0.15) is 0 Å². The van der Waals surface area contributed by atoms with Gasteiger partial charge in [-0.2, -0.15) is 0 Å². The van der Waals surface area contributed by atoms with Crippen molar-refractivity contribution in [3.8, 4) is 0 Å². The highest BCUT2D eigenvalue weighted by Gasteiger charge is 2.20. The molecule has 0 atom stereocenters. The number of sulfonamides is 1. The number of oxazole rings is 1. The smallest absolute Gasteiger partial charge is 0.408 e. The zero-order valence-electron chi connectivity index (χ0n) is 14.8. The Balaban J connectivity index is 1.79. The molecule has 0 amide bonds. The molecule has 3 aromatic heterocycles. The van der Waals surface area contributed by atoms with E-state index in [1.807, 2.05) is 0 Å². The van der Waals surface area contributed by atoms with Crippen LogP contribution in [0.25, 0.3) is 16.7 Å². The summed E-state index contributed by atoms with van der Waals surface area (Å²) in [6, 6.07) is 5.89. The first-order valence-corrected chi connectivity index (χ1v) is 10.2. The van der Waals surface area contributed by atoms with Gasteiger partial charge in [0, 0.05) is 32.6 Å². The number of benzene rings is 1. The predicted octanol–water partition coefficient (Wildman–Crippen LogP) is 2.85. The van der Waals surface area contributed by atoms with Gasteiger partial charge in [-0.15, -0.1) is 0 Å². The molecule has 0 radical (unpaired) electrons. The number of pyridine rings is 1. The van der Waals surface area contributed by atoms with Crippen molar-refractivity contribution in [2.24, 2.45) is 0 Å². The average molecular weight is 441 g/mol. The number of nitrogens with zero attached hydrogens (tertiary/aromatic N) is 4. The lowest BCUT2D eigenvalue weighted by atomic mass is 10.3. The second kappa shape index (κ2) is 6.63. The third-order valence-electron chi connectivity index (χ3n) is 4.26. The number of halogens is 2. The third-order valence-corrected chi connectivity index (χ3v) is 6.56. The van der Waals surface area contributed by atoms with Gasteiger partial charge in [-0.25, -0.2) is 22.5 Å². The first kappa shape index (κ1) is 19.0. The van der Waals surface area contributed by atoms with E-state index in [9.17, 15) is 13.2 Å². The van der Waals surface area contributed by atoms with Crippen LogP contribution in [0.4, 0.5) is 0 Å². The lowest BCUT2D eigenvalue weighted by Crippen LogP contribution is -2.22. The molecule has 0 spiro atoms. The fourth-order valence-corrected chi connectivity index (χ4v) is 4.33. The van der Waals surface area contributed by atoms with Crippen LogP contribution in [0, 0.1) is 0 Å². The highest BCUT2D eigenvalue weighted by Crippen LogP contribution is 2.24. The molecule has 0 aliphatic heterocycles. The van der Waals surface area contributed by atoms with Gasteiger partial charge >= 0.3 is 5.76 Å². The second-order valence-corrected chi connectivity index (χ2v) is 9.34. The van der Waals surface area contributed by atoms with Crippen molar-refractivity contribution in [2.75, 3.05) is 14.1 Å². The molecule has 4 rings (SSSR count).